The van der Waals surface area contributed by atoms with Crippen molar-refractivity contribution in [3.05, 3.63) is 53.9 Å². The first-order valence-electron chi connectivity index (χ1n) is 4.99. The number of alkyl halides is 3. The van der Waals surface area contributed by atoms with E-state index < -0.39 is 17.9 Å². The van der Waals surface area contributed by atoms with Gasteiger partial charge >= 0.3 is 6.36 Å². The van der Waals surface area contributed by atoms with Gasteiger partial charge in [-0.3, -0.25) is 4.79 Å². The van der Waals surface area contributed by atoms with Gasteiger partial charge in [-0.2, -0.15) is 0 Å². The van der Waals surface area contributed by atoms with Crippen LogP contribution in [0.2, 0.25) is 0 Å². The van der Waals surface area contributed by atoms with Gasteiger partial charge in [-0.1, -0.05) is 12.1 Å². The summed E-state index contributed by atoms with van der Waals surface area (Å²) in [5, 5.41) is 0. The highest BCUT2D eigenvalue weighted by atomic mass is 19.4. The molecule has 0 saturated heterocycles. The summed E-state index contributed by atoms with van der Waals surface area (Å²) >= 11 is 0. The number of H-pyrrole nitrogens is 1. The van der Waals surface area contributed by atoms with Gasteiger partial charge in [0.1, 0.15) is 5.75 Å². The summed E-state index contributed by atoms with van der Waals surface area (Å²) in [5.74, 6) is -0.812. The Balaban J connectivity index is 2.25. The van der Waals surface area contributed by atoms with Gasteiger partial charge < -0.3 is 9.72 Å². The fourth-order valence-electron chi connectivity index (χ4n) is 1.46. The molecule has 0 bridgehead atoms. The predicted octanol–water partition coefficient (Wildman–Crippen LogP) is 3.14. The normalized spacial score (nSPS) is 11.3. The molecule has 0 aliphatic heterocycles. The Morgan fingerprint density at radius 2 is 1.94 bits per heavy atom. The fraction of sp³-hybridized carbons (Fsp3) is 0.0833. The van der Waals surface area contributed by atoms with Crippen LogP contribution in [0.4, 0.5) is 13.2 Å². The number of ketones is 1. The predicted molar refractivity (Wildman–Crippen MR) is 57.4 cm³/mol. The first-order valence-corrected chi connectivity index (χ1v) is 4.99. The third-order valence-electron chi connectivity index (χ3n) is 2.17. The van der Waals surface area contributed by atoms with Crippen molar-refractivity contribution in [1.82, 2.24) is 4.98 Å². The van der Waals surface area contributed by atoms with E-state index in [9.17, 15) is 18.0 Å². The molecule has 6 heteroatoms. The molecule has 94 valence electrons. The quantitative estimate of drug-likeness (QED) is 0.856. The lowest BCUT2D eigenvalue weighted by Crippen LogP contribution is -2.17. The summed E-state index contributed by atoms with van der Waals surface area (Å²) in [6.45, 7) is 0. The summed E-state index contributed by atoms with van der Waals surface area (Å²) in [5.41, 5.74) is 0.429. The zero-order valence-corrected chi connectivity index (χ0v) is 8.99. The summed E-state index contributed by atoms with van der Waals surface area (Å²) in [4.78, 5) is 14.5. The summed E-state index contributed by atoms with van der Waals surface area (Å²) < 4.78 is 39.8. The van der Waals surface area contributed by atoms with Crippen LogP contribution in [0, 0.1) is 0 Å². The first kappa shape index (κ1) is 12.2. The van der Waals surface area contributed by atoms with E-state index in [4.69, 9.17) is 0 Å². The summed E-state index contributed by atoms with van der Waals surface area (Å²) in [6, 6.07) is 8.11. The van der Waals surface area contributed by atoms with Crippen molar-refractivity contribution >= 4 is 5.78 Å². The molecule has 1 aromatic carbocycles. The van der Waals surface area contributed by atoms with E-state index in [1.165, 1.54) is 12.1 Å². The van der Waals surface area contributed by atoms with Crippen LogP contribution in [0.5, 0.6) is 5.75 Å². The van der Waals surface area contributed by atoms with Crippen molar-refractivity contribution in [2.75, 3.05) is 0 Å². The van der Waals surface area contributed by atoms with Gasteiger partial charge in [0.15, 0.2) is 0 Å². The van der Waals surface area contributed by atoms with Crippen molar-refractivity contribution in [3.8, 4) is 5.75 Å². The van der Waals surface area contributed by atoms with E-state index in [2.05, 4.69) is 9.72 Å². The topological polar surface area (TPSA) is 42.1 Å². The monoisotopic (exact) mass is 255 g/mol. The Labute approximate surface area is 100 Å². The molecule has 1 heterocycles. The van der Waals surface area contributed by atoms with E-state index in [-0.39, 0.29) is 5.56 Å². The van der Waals surface area contributed by atoms with Gasteiger partial charge in [0, 0.05) is 11.8 Å². The number of halogens is 3. The minimum absolute atomic E-state index is 0.124. The number of hydrogen-bond donors (Lipinski definition) is 1. The molecule has 2 rings (SSSR count). The number of aromatic amines is 1. The Kier molecular flexibility index (Phi) is 3.10. The van der Waals surface area contributed by atoms with E-state index in [1.807, 2.05) is 0 Å². The van der Waals surface area contributed by atoms with Gasteiger partial charge in [-0.25, -0.2) is 0 Å². The van der Waals surface area contributed by atoms with Crippen molar-refractivity contribution in [2.45, 2.75) is 6.36 Å². The van der Waals surface area contributed by atoms with Crippen LogP contribution < -0.4 is 4.74 Å². The molecule has 0 amide bonds. The average molecular weight is 255 g/mol. The van der Waals surface area contributed by atoms with Crippen LogP contribution >= 0.6 is 0 Å². The fourth-order valence-corrected chi connectivity index (χ4v) is 1.46. The molecule has 0 aliphatic carbocycles. The molecule has 0 aliphatic rings. The van der Waals surface area contributed by atoms with Crippen LogP contribution in [-0.2, 0) is 0 Å². The molecule has 18 heavy (non-hydrogen) atoms. The van der Waals surface area contributed by atoms with Crippen molar-refractivity contribution < 1.29 is 22.7 Å². The van der Waals surface area contributed by atoms with Crippen molar-refractivity contribution in [1.29, 1.82) is 0 Å². The van der Waals surface area contributed by atoms with E-state index in [0.29, 0.717) is 5.69 Å². The maximum atomic E-state index is 12.0. The van der Waals surface area contributed by atoms with Gasteiger partial charge in [0.25, 0.3) is 0 Å². The van der Waals surface area contributed by atoms with Crippen LogP contribution in [0.1, 0.15) is 16.1 Å². The Morgan fingerprint density at radius 3 is 2.56 bits per heavy atom. The van der Waals surface area contributed by atoms with Crippen LogP contribution in [0.25, 0.3) is 0 Å². The Bertz CT molecular complexity index is 547. The van der Waals surface area contributed by atoms with Crippen LogP contribution in [0.3, 0.4) is 0 Å². The molecule has 0 fully saturated rings. The molecular weight excluding hydrogens is 247 g/mol. The maximum Gasteiger partial charge on any atom is 0.573 e. The number of carbonyl (C=O) groups is 1. The second-order valence-corrected chi connectivity index (χ2v) is 3.49. The molecule has 0 unspecified atom stereocenters. The minimum atomic E-state index is -4.77. The van der Waals surface area contributed by atoms with Gasteiger partial charge in [-0.15, -0.1) is 13.2 Å². The van der Waals surface area contributed by atoms with Crippen molar-refractivity contribution in [3.63, 3.8) is 0 Å². The van der Waals surface area contributed by atoms with Gasteiger partial charge in [-0.05, 0) is 24.3 Å². The van der Waals surface area contributed by atoms with E-state index in [0.717, 1.165) is 12.1 Å². The van der Waals surface area contributed by atoms with Crippen LogP contribution in [-0.4, -0.2) is 17.1 Å². The summed E-state index contributed by atoms with van der Waals surface area (Å²) in [7, 11) is 0. The standard InChI is InChI=1S/C12H8F3NO2/c13-12(14,15)18-9-4-1-3-8(7-9)11(17)10-5-2-6-16-10/h1-7,16H. The Morgan fingerprint density at radius 1 is 1.17 bits per heavy atom. The zero-order chi connectivity index (χ0) is 13.2. The molecule has 1 N–H and O–H groups in total. The first-order chi connectivity index (χ1) is 8.46. The third-order valence-corrected chi connectivity index (χ3v) is 2.17. The largest absolute Gasteiger partial charge is 0.573 e. The molecular formula is C12H8F3NO2. The highest BCUT2D eigenvalue weighted by Gasteiger charge is 2.31. The number of carbonyl (C=O) groups excluding carboxylic acids is 1. The van der Waals surface area contributed by atoms with Gasteiger partial charge in [0.2, 0.25) is 5.78 Å². The van der Waals surface area contributed by atoms with E-state index in [1.54, 1.807) is 18.3 Å². The molecule has 1 aromatic heterocycles. The second-order valence-electron chi connectivity index (χ2n) is 3.49. The molecule has 3 nitrogen and oxygen atoms in total. The number of benzene rings is 1. The van der Waals surface area contributed by atoms with E-state index >= 15 is 0 Å². The molecule has 2 aromatic rings. The SMILES string of the molecule is O=C(c1cccc(OC(F)(F)F)c1)c1ccc[nH]1. The smallest absolute Gasteiger partial charge is 0.406 e. The molecule has 0 atom stereocenters. The molecule has 0 radical (unpaired) electrons. The lowest BCUT2D eigenvalue weighted by molar-refractivity contribution is -0.274. The van der Waals surface area contributed by atoms with Crippen LogP contribution in [0.15, 0.2) is 42.6 Å². The highest BCUT2D eigenvalue weighted by molar-refractivity contribution is 6.07. The molecule has 0 saturated carbocycles. The molecule has 0 spiro atoms. The zero-order valence-electron chi connectivity index (χ0n) is 8.99. The summed E-state index contributed by atoms with van der Waals surface area (Å²) in [6.07, 6.45) is -3.21. The lowest BCUT2D eigenvalue weighted by Gasteiger charge is -2.09. The Hall–Kier alpha value is -2.24. The second kappa shape index (κ2) is 4.56. The number of nitrogens with one attached hydrogen (secondary N) is 1. The number of aromatic nitrogens is 1. The number of rotatable bonds is 3. The minimum Gasteiger partial charge on any atom is -0.406 e. The van der Waals surface area contributed by atoms with Crippen molar-refractivity contribution in [2.24, 2.45) is 0 Å². The lowest BCUT2D eigenvalue weighted by atomic mass is 10.1. The number of hydrogen-bond acceptors (Lipinski definition) is 2. The third kappa shape index (κ3) is 2.91. The maximum absolute atomic E-state index is 12.0. The number of ether oxygens (including phenoxy) is 1. The van der Waals surface area contributed by atoms with Gasteiger partial charge in [0.05, 0.1) is 5.69 Å². The average Bonchev–Trinajstić information content (AvgIpc) is 2.79. The highest BCUT2D eigenvalue weighted by Crippen LogP contribution is 2.24.